The Kier molecular flexibility index (Phi) is 25.0. The third-order valence-corrected chi connectivity index (χ3v) is 18.5. The van der Waals surface area contributed by atoms with Crippen LogP contribution in [0.3, 0.4) is 0 Å². The van der Waals surface area contributed by atoms with Gasteiger partial charge in [-0.05, 0) is 94.0 Å². The number of amides is 7. The number of methoxy groups -OCH3 is 1. The Morgan fingerprint density at radius 2 is 1.35 bits per heavy atom. The van der Waals surface area contributed by atoms with Gasteiger partial charge >= 0.3 is 0 Å². The predicted octanol–water partition coefficient (Wildman–Crippen LogP) is 5.80. The molecule has 0 radical (unpaired) electrons. The van der Waals surface area contributed by atoms with Gasteiger partial charge in [-0.25, -0.2) is 15.0 Å². The molecule has 5 aromatic heterocycles. The fraction of sp³-hybridized carbons (Fsp3) is 0.465. The first-order chi connectivity index (χ1) is 49.0. The zero-order valence-corrected chi connectivity index (χ0v) is 59.9. The number of ether oxygens (including phenoxy) is 5. The van der Waals surface area contributed by atoms with E-state index in [1.54, 1.807) is 85.6 Å². The first-order valence-corrected chi connectivity index (χ1v) is 35.1. The molecule has 3 unspecified atom stereocenters. The number of rotatable bonds is 33. The number of carbonyl (C=O) groups excluding carboxylic acids is 7. The van der Waals surface area contributed by atoms with E-state index in [1.807, 2.05) is 78.0 Å². The summed E-state index contributed by atoms with van der Waals surface area (Å²) in [6.45, 7) is 20.6. The fourth-order valence-corrected chi connectivity index (χ4v) is 13.1. The Hall–Kier alpha value is -9.92. The summed E-state index contributed by atoms with van der Waals surface area (Å²) < 4.78 is 36.1. The van der Waals surface area contributed by atoms with Gasteiger partial charge in [0.1, 0.15) is 46.0 Å². The average molecular weight is 1420 g/mol. The lowest BCUT2D eigenvalue weighted by molar-refractivity contribution is -0.144. The number of β-amino-alcohol motifs (C(OH)–C–C–N with tert-alkyl or cyclic N) is 1. The van der Waals surface area contributed by atoms with Gasteiger partial charge in [0.05, 0.1) is 98.0 Å². The third kappa shape index (κ3) is 18.4. The highest BCUT2D eigenvalue weighted by atomic mass is 32.1. The van der Waals surface area contributed by atoms with E-state index in [4.69, 9.17) is 39.4 Å². The Bertz CT molecular complexity index is 4350. The van der Waals surface area contributed by atoms with Crippen LogP contribution >= 0.6 is 11.3 Å². The summed E-state index contributed by atoms with van der Waals surface area (Å²) in [7, 11) is 1.46. The van der Waals surface area contributed by atoms with E-state index in [2.05, 4.69) is 46.7 Å². The van der Waals surface area contributed by atoms with Crippen molar-refractivity contribution in [2.24, 2.45) is 11.1 Å². The van der Waals surface area contributed by atoms with Crippen molar-refractivity contribution in [2.75, 3.05) is 96.7 Å². The first kappa shape index (κ1) is 74.8. The minimum Gasteiger partial charge on any atom is -0.494 e. The number of primary amides is 1. The van der Waals surface area contributed by atoms with Crippen LogP contribution in [0.4, 0.5) is 11.9 Å². The molecule has 2 saturated heterocycles. The van der Waals surface area contributed by atoms with Crippen LogP contribution < -0.4 is 41.8 Å². The van der Waals surface area contributed by atoms with Crippen molar-refractivity contribution in [1.29, 1.82) is 0 Å². The number of hydrogen-bond acceptors (Lipinski definition) is 20. The summed E-state index contributed by atoms with van der Waals surface area (Å²) >= 11 is 1.56. The summed E-state index contributed by atoms with van der Waals surface area (Å²) in [6.07, 6.45) is 3.44. The van der Waals surface area contributed by atoms with Crippen LogP contribution in [-0.2, 0) is 61.3 Å². The van der Waals surface area contributed by atoms with E-state index < -0.39 is 65.0 Å². The number of morpholine rings is 1. The number of nitrogens with one attached hydrogen (secondary N) is 5. The molecule has 544 valence electrons. The second-order valence-electron chi connectivity index (χ2n) is 26.0. The summed E-state index contributed by atoms with van der Waals surface area (Å²) in [5, 5.41) is 34.2. The fourth-order valence-electron chi connectivity index (χ4n) is 12.3. The van der Waals surface area contributed by atoms with Crippen molar-refractivity contribution < 1.29 is 62.4 Å². The number of allylic oxidation sites excluding steroid dienone is 2. The third-order valence-electron chi connectivity index (χ3n) is 17.5. The maximum absolute atomic E-state index is 14.2. The number of aliphatic hydroxyl groups is 1. The number of aliphatic hydroxyl groups excluding tert-OH is 1. The number of fused-ring (bicyclic) bond motifs is 2. The van der Waals surface area contributed by atoms with Crippen LogP contribution in [0.2, 0.25) is 0 Å². The van der Waals surface area contributed by atoms with Gasteiger partial charge in [0.15, 0.2) is 0 Å². The second kappa shape index (κ2) is 34.2. The van der Waals surface area contributed by atoms with Crippen molar-refractivity contribution in [3.8, 4) is 21.9 Å². The highest BCUT2D eigenvalue weighted by Crippen LogP contribution is 2.35. The number of aryl methyl sites for hydroxylation is 5. The Labute approximate surface area is 594 Å². The van der Waals surface area contributed by atoms with Crippen molar-refractivity contribution in [1.82, 2.24) is 69.4 Å². The van der Waals surface area contributed by atoms with E-state index in [0.717, 1.165) is 41.3 Å². The Morgan fingerprint density at radius 1 is 0.755 bits per heavy atom. The molecule has 7 amide bonds. The lowest BCUT2D eigenvalue weighted by atomic mass is 9.85. The van der Waals surface area contributed by atoms with Crippen molar-refractivity contribution in [3.63, 3.8) is 0 Å². The van der Waals surface area contributed by atoms with E-state index >= 15 is 0 Å². The van der Waals surface area contributed by atoms with Crippen LogP contribution in [0, 0.1) is 26.2 Å². The molecule has 7 heterocycles. The molecule has 30 nitrogen and oxygen atoms in total. The summed E-state index contributed by atoms with van der Waals surface area (Å²) in [5.74, 6) is -2.46. The van der Waals surface area contributed by atoms with Crippen molar-refractivity contribution >= 4 is 86.7 Å². The van der Waals surface area contributed by atoms with Crippen molar-refractivity contribution in [3.05, 3.63) is 123 Å². The van der Waals surface area contributed by atoms with Crippen molar-refractivity contribution in [2.45, 2.75) is 126 Å². The summed E-state index contributed by atoms with van der Waals surface area (Å²) in [4.78, 5) is 115. The van der Waals surface area contributed by atoms with Crippen LogP contribution in [0.15, 0.2) is 78.3 Å². The van der Waals surface area contributed by atoms with Gasteiger partial charge in [0.2, 0.25) is 35.5 Å². The molecule has 2 aliphatic rings. The second-order valence-corrected chi connectivity index (χ2v) is 26.9. The first-order valence-electron chi connectivity index (χ1n) is 34.2. The zero-order chi connectivity index (χ0) is 72.8. The maximum Gasteiger partial charge on any atom is 0.276 e. The molecule has 0 bridgehead atoms. The van der Waals surface area contributed by atoms with E-state index in [9.17, 15) is 38.7 Å². The number of aromatic nitrogens is 9. The molecule has 31 heteroatoms. The maximum atomic E-state index is 14.2. The van der Waals surface area contributed by atoms with E-state index in [0.29, 0.717) is 89.9 Å². The van der Waals surface area contributed by atoms with Gasteiger partial charge in [0, 0.05) is 89.4 Å². The SMILES string of the molecule is CCn1nc(C)cc1C(=O)Nc1nc2cc(C(=O)NCCOCCOCCC(=O)NC(C(=O)N3CC(O)CC3C(=O)NCc3ccc(-c4scnc4C)cc3)C(C)(C)C)cc(OC)c2n1CC=CCn1c(NC(=O)c2cc(C)nn2CC)nc2cc(C(N)=O)cc(OCCCN3CCOCC3)c21. The van der Waals surface area contributed by atoms with Gasteiger partial charge < -0.3 is 64.5 Å². The van der Waals surface area contributed by atoms with Crippen LogP contribution in [0.1, 0.15) is 118 Å². The molecule has 0 aliphatic carbocycles. The molecule has 10 rings (SSSR count). The van der Waals surface area contributed by atoms with Gasteiger partial charge in [-0.15, -0.1) is 11.3 Å². The van der Waals surface area contributed by atoms with E-state index in [1.165, 1.54) is 12.0 Å². The molecule has 8 aromatic rings. The number of nitrogens with zero attached hydrogens (tertiary/aromatic N) is 11. The monoisotopic (exact) mass is 1420 g/mol. The highest BCUT2D eigenvalue weighted by Gasteiger charge is 2.44. The highest BCUT2D eigenvalue weighted by molar-refractivity contribution is 7.13. The molecule has 0 spiro atoms. The largest absolute Gasteiger partial charge is 0.494 e. The Morgan fingerprint density at radius 3 is 1.93 bits per heavy atom. The summed E-state index contributed by atoms with van der Waals surface area (Å²) in [6, 6.07) is 15.5. The number of hydrogen-bond donors (Lipinski definition) is 7. The lowest BCUT2D eigenvalue weighted by Gasteiger charge is -2.35. The Balaban J connectivity index is 0.761. The molecule has 2 fully saturated rings. The normalized spacial score (nSPS) is 15.3. The number of imidazole rings is 2. The van der Waals surface area contributed by atoms with Gasteiger partial charge in [-0.1, -0.05) is 57.2 Å². The van der Waals surface area contributed by atoms with Gasteiger partial charge in [-0.2, -0.15) is 10.2 Å². The number of thiazole rings is 1. The van der Waals surface area contributed by atoms with Gasteiger partial charge in [-0.3, -0.25) is 58.5 Å². The lowest BCUT2D eigenvalue weighted by Crippen LogP contribution is -2.57. The number of benzene rings is 3. The number of likely N-dealkylation sites (tertiary alicyclic amines) is 1. The molecule has 3 aromatic carbocycles. The molecule has 8 N–H and O–H groups in total. The number of anilines is 2. The zero-order valence-electron chi connectivity index (χ0n) is 59.1. The molecular formula is C71H91N17O13S. The molecule has 102 heavy (non-hydrogen) atoms. The summed E-state index contributed by atoms with van der Waals surface area (Å²) in [5.41, 5.74) is 13.7. The molecule has 3 atom stereocenters. The molecular weight excluding hydrogens is 1330 g/mol. The van der Waals surface area contributed by atoms with Gasteiger partial charge in [0.25, 0.3) is 17.7 Å². The van der Waals surface area contributed by atoms with Crippen LogP contribution in [0.25, 0.3) is 32.5 Å². The quantitative estimate of drug-likeness (QED) is 0.0189. The minimum atomic E-state index is -1.01. The predicted molar refractivity (Wildman–Crippen MR) is 382 cm³/mol. The average Bonchev–Trinajstić information content (AvgIpc) is 1.62. The molecule has 0 saturated carbocycles. The van der Waals surface area contributed by atoms with E-state index in [-0.39, 0.29) is 101 Å². The van der Waals surface area contributed by atoms with Crippen LogP contribution in [-0.4, -0.2) is 204 Å². The smallest absolute Gasteiger partial charge is 0.276 e. The standard InChI is InChI=1S/C71H91N17O13S/c1-10-87-54(33-43(3)81-87)66(94)79-69-77-52-36-49(64(92)73-20-28-99-32-31-98-27-19-58(90)78-62(71(6,7)8)68(96)86-41-50(89)39-53(86)65(93)74-40-46-15-17-47(18-16-46)61-45(5)75-42-102-61)38-56(97-9)59(52)84(69)22-12-13-23-85-60-51(76-70(85)80-67(95)55-34-44(4)82-88(55)11-2)35-48(63(72)91)37-57(60)101-26-14-21-83-24-29-100-30-25-83/h12-13,15-18,33-38,42,50,53,62,89H,10-11,14,19-32,39-41H2,1-9H3,(H2,72,91)(H,73,92)(H,74,93)(H,78,90)(H,76,80,95)(H,77,79,94). The number of carbonyl (C=O) groups is 7. The molecule has 2 aliphatic heterocycles. The minimum absolute atomic E-state index is 0.0213. The number of nitrogens with two attached hydrogens (primary N) is 1. The van der Waals surface area contributed by atoms with Crippen LogP contribution in [0.5, 0.6) is 11.5 Å². The topological polar surface area (TPSA) is 363 Å².